The van der Waals surface area contributed by atoms with Crippen LogP contribution in [0.1, 0.15) is 55.9 Å². The van der Waals surface area contributed by atoms with Crippen molar-refractivity contribution in [2.24, 2.45) is 5.16 Å². The number of ether oxygens (including phenoxy) is 2. The van der Waals surface area contributed by atoms with Crippen LogP contribution in [0.4, 0.5) is 0 Å². The number of esters is 1. The summed E-state index contributed by atoms with van der Waals surface area (Å²) >= 11 is 0. The van der Waals surface area contributed by atoms with Crippen molar-refractivity contribution in [3.05, 3.63) is 58.6 Å². The van der Waals surface area contributed by atoms with Crippen molar-refractivity contribution in [1.29, 1.82) is 0 Å². The van der Waals surface area contributed by atoms with Crippen LogP contribution < -0.4 is 4.74 Å². The lowest BCUT2D eigenvalue weighted by Gasteiger charge is -2.15. The van der Waals surface area contributed by atoms with Gasteiger partial charge in [0.2, 0.25) is 5.88 Å². The minimum absolute atomic E-state index is 0.238. The van der Waals surface area contributed by atoms with Gasteiger partial charge in [0.25, 0.3) is 0 Å². The Bertz CT molecular complexity index is 921. The molecule has 0 aliphatic heterocycles. The standard InChI is InChI=1S/C21H25N3O4.C2H6/c1-7-17(21(25)26-5)18-11-9-8-10-16(18)12-28-20-13(2)19(14(3)24-27-6)22-15(4)23-20;1-2/h7-11H,12H2,1-6H3;1-2H3/b17-7-,24-14-;. The van der Waals surface area contributed by atoms with E-state index in [4.69, 9.17) is 14.3 Å². The summed E-state index contributed by atoms with van der Waals surface area (Å²) in [5, 5.41) is 3.95. The summed E-state index contributed by atoms with van der Waals surface area (Å²) < 4.78 is 10.9. The Labute approximate surface area is 178 Å². The molecule has 1 heterocycles. The van der Waals surface area contributed by atoms with E-state index in [1.807, 2.05) is 52.0 Å². The van der Waals surface area contributed by atoms with Crippen molar-refractivity contribution in [3.63, 3.8) is 0 Å². The fraction of sp³-hybridized carbons (Fsp3) is 0.391. The zero-order chi connectivity index (χ0) is 22.7. The quantitative estimate of drug-likeness (QED) is 0.284. The number of aromatic nitrogens is 2. The number of hydrogen-bond acceptors (Lipinski definition) is 7. The highest BCUT2D eigenvalue weighted by Gasteiger charge is 2.17. The van der Waals surface area contributed by atoms with Gasteiger partial charge in [0.1, 0.15) is 25.3 Å². The molecule has 0 aliphatic rings. The van der Waals surface area contributed by atoms with Crippen LogP contribution in [-0.4, -0.2) is 35.9 Å². The van der Waals surface area contributed by atoms with Gasteiger partial charge in [0.15, 0.2) is 0 Å². The maximum atomic E-state index is 12.1. The van der Waals surface area contributed by atoms with E-state index in [0.717, 1.165) is 16.7 Å². The maximum absolute atomic E-state index is 12.1. The first-order chi connectivity index (χ1) is 14.4. The van der Waals surface area contributed by atoms with Gasteiger partial charge < -0.3 is 14.3 Å². The fourth-order valence-corrected chi connectivity index (χ4v) is 2.82. The SMILES string of the molecule is C/C=C(\C(=O)OC)c1ccccc1COc1nc(C)nc(/C(C)=N\OC)c1C.CC. The van der Waals surface area contributed by atoms with Crippen LogP contribution in [0.15, 0.2) is 35.5 Å². The van der Waals surface area contributed by atoms with E-state index in [0.29, 0.717) is 28.7 Å². The van der Waals surface area contributed by atoms with Gasteiger partial charge in [-0.25, -0.2) is 9.78 Å². The molecule has 0 saturated heterocycles. The highest BCUT2D eigenvalue weighted by atomic mass is 16.6. The second kappa shape index (κ2) is 12.4. The average molecular weight is 414 g/mol. The van der Waals surface area contributed by atoms with E-state index < -0.39 is 5.97 Å². The molecule has 0 N–H and O–H groups in total. The Morgan fingerprint density at radius 1 is 1.13 bits per heavy atom. The Morgan fingerprint density at radius 2 is 1.80 bits per heavy atom. The van der Waals surface area contributed by atoms with Crippen molar-refractivity contribution < 1.29 is 19.1 Å². The Balaban J connectivity index is 0.00000218. The van der Waals surface area contributed by atoms with Gasteiger partial charge in [-0.2, -0.15) is 4.98 Å². The van der Waals surface area contributed by atoms with Crippen LogP contribution in [0.3, 0.4) is 0 Å². The minimum Gasteiger partial charge on any atom is -0.472 e. The molecule has 1 aromatic heterocycles. The summed E-state index contributed by atoms with van der Waals surface area (Å²) in [4.78, 5) is 25.7. The molecule has 1 aromatic carbocycles. The average Bonchev–Trinajstić information content (AvgIpc) is 2.76. The lowest BCUT2D eigenvalue weighted by atomic mass is 10.00. The third-order valence-electron chi connectivity index (χ3n) is 4.15. The highest BCUT2D eigenvalue weighted by molar-refractivity contribution is 6.16. The van der Waals surface area contributed by atoms with E-state index in [1.54, 1.807) is 19.9 Å². The summed E-state index contributed by atoms with van der Waals surface area (Å²) in [7, 11) is 2.85. The van der Waals surface area contributed by atoms with Crippen molar-refractivity contribution in [2.75, 3.05) is 14.2 Å². The third-order valence-corrected chi connectivity index (χ3v) is 4.15. The Hall–Kier alpha value is -3.22. The molecule has 7 nitrogen and oxygen atoms in total. The molecule has 0 fully saturated rings. The molecule has 30 heavy (non-hydrogen) atoms. The van der Waals surface area contributed by atoms with Gasteiger partial charge in [-0.1, -0.05) is 49.3 Å². The molecule has 2 aromatic rings. The summed E-state index contributed by atoms with van der Waals surface area (Å²) in [6, 6.07) is 7.53. The van der Waals surface area contributed by atoms with Gasteiger partial charge in [0, 0.05) is 5.56 Å². The van der Waals surface area contributed by atoms with Crippen LogP contribution in [0, 0.1) is 13.8 Å². The number of hydrogen-bond donors (Lipinski definition) is 0. The van der Waals surface area contributed by atoms with Crippen LogP contribution in [0.2, 0.25) is 0 Å². The molecule has 2 rings (SSSR count). The van der Waals surface area contributed by atoms with Crippen molar-refractivity contribution >= 4 is 17.3 Å². The zero-order valence-electron chi connectivity index (χ0n) is 19.1. The molecule has 0 bridgehead atoms. The lowest BCUT2D eigenvalue weighted by molar-refractivity contribution is -0.133. The largest absolute Gasteiger partial charge is 0.472 e. The van der Waals surface area contributed by atoms with E-state index >= 15 is 0 Å². The molecular formula is C23H31N3O4. The predicted molar refractivity (Wildman–Crippen MR) is 119 cm³/mol. The molecule has 0 atom stereocenters. The van der Waals surface area contributed by atoms with E-state index in [2.05, 4.69) is 15.1 Å². The molecule has 0 unspecified atom stereocenters. The van der Waals surface area contributed by atoms with Gasteiger partial charge in [-0.05, 0) is 38.8 Å². The van der Waals surface area contributed by atoms with Gasteiger partial charge in [-0.15, -0.1) is 0 Å². The van der Waals surface area contributed by atoms with Crippen LogP contribution >= 0.6 is 0 Å². The molecule has 0 aliphatic carbocycles. The number of benzene rings is 1. The molecule has 162 valence electrons. The number of oxime groups is 1. The number of aryl methyl sites for hydroxylation is 1. The van der Waals surface area contributed by atoms with E-state index in [-0.39, 0.29) is 6.61 Å². The van der Waals surface area contributed by atoms with Gasteiger partial charge in [-0.3, -0.25) is 0 Å². The summed E-state index contributed by atoms with van der Waals surface area (Å²) in [6.45, 7) is 11.5. The second-order valence-corrected chi connectivity index (χ2v) is 6.05. The topological polar surface area (TPSA) is 82.9 Å². The molecule has 0 spiro atoms. The molecule has 0 amide bonds. The summed E-state index contributed by atoms with van der Waals surface area (Å²) in [6.07, 6.45) is 1.73. The first-order valence-corrected chi connectivity index (χ1v) is 9.82. The number of allylic oxidation sites excluding steroid dienone is 1. The van der Waals surface area contributed by atoms with Crippen molar-refractivity contribution in [2.45, 2.75) is 48.1 Å². The number of nitrogens with zero attached hydrogens (tertiary/aromatic N) is 3. The van der Waals surface area contributed by atoms with Crippen LogP contribution in [0.5, 0.6) is 5.88 Å². The van der Waals surface area contributed by atoms with E-state index in [1.165, 1.54) is 14.2 Å². The molecular weight excluding hydrogens is 382 g/mol. The lowest BCUT2D eigenvalue weighted by Crippen LogP contribution is -2.11. The maximum Gasteiger partial charge on any atom is 0.338 e. The monoisotopic (exact) mass is 413 g/mol. The number of methoxy groups -OCH3 is 1. The number of carbonyl (C=O) groups is 1. The molecule has 7 heteroatoms. The van der Waals surface area contributed by atoms with Crippen molar-refractivity contribution in [1.82, 2.24) is 9.97 Å². The highest BCUT2D eigenvalue weighted by Crippen LogP contribution is 2.24. The smallest absolute Gasteiger partial charge is 0.338 e. The first kappa shape index (κ1) is 24.8. The van der Waals surface area contributed by atoms with Crippen molar-refractivity contribution in [3.8, 4) is 5.88 Å². The second-order valence-electron chi connectivity index (χ2n) is 6.05. The number of rotatable bonds is 7. The minimum atomic E-state index is -0.391. The Kier molecular flexibility index (Phi) is 10.2. The molecule has 0 saturated carbocycles. The fourth-order valence-electron chi connectivity index (χ4n) is 2.82. The third kappa shape index (κ3) is 6.14. The summed E-state index contributed by atoms with van der Waals surface area (Å²) in [5.74, 6) is 0.638. The van der Waals surface area contributed by atoms with E-state index in [9.17, 15) is 4.79 Å². The van der Waals surface area contributed by atoms with Crippen LogP contribution in [-0.2, 0) is 21.0 Å². The molecule has 0 radical (unpaired) electrons. The van der Waals surface area contributed by atoms with Crippen LogP contribution in [0.25, 0.3) is 5.57 Å². The predicted octanol–water partition coefficient (Wildman–Crippen LogP) is 4.65. The van der Waals surface area contributed by atoms with Gasteiger partial charge >= 0.3 is 5.97 Å². The normalized spacial score (nSPS) is 11.3. The van der Waals surface area contributed by atoms with Gasteiger partial charge in [0.05, 0.1) is 18.4 Å². The summed E-state index contributed by atoms with van der Waals surface area (Å²) in [5.41, 5.74) is 4.17. The number of carbonyl (C=O) groups excluding carboxylic acids is 1. The zero-order valence-corrected chi connectivity index (χ0v) is 19.1. The first-order valence-electron chi connectivity index (χ1n) is 9.82. The Morgan fingerprint density at radius 3 is 2.40 bits per heavy atom.